The fourth-order valence-electron chi connectivity index (χ4n) is 3.82. The molecule has 3 heterocycles. The van der Waals surface area contributed by atoms with E-state index in [-0.39, 0.29) is 11.4 Å². The summed E-state index contributed by atoms with van der Waals surface area (Å²) in [6, 6.07) is 15.8. The van der Waals surface area contributed by atoms with Gasteiger partial charge in [0.15, 0.2) is 5.16 Å². The van der Waals surface area contributed by atoms with Gasteiger partial charge in [0.1, 0.15) is 11.6 Å². The largest absolute Gasteiger partial charge is 0.328 e. The second-order valence-corrected chi connectivity index (χ2v) is 8.30. The summed E-state index contributed by atoms with van der Waals surface area (Å²) < 4.78 is 17.4. The normalized spacial score (nSPS) is 11.4. The van der Waals surface area contributed by atoms with Crippen LogP contribution in [0.3, 0.4) is 0 Å². The van der Waals surface area contributed by atoms with Gasteiger partial charge in [-0.15, -0.1) is 0 Å². The average Bonchev–Trinajstić information content (AvgIpc) is 3.17. The minimum Gasteiger partial charge on any atom is -0.328 e. The van der Waals surface area contributed by atoms with Crippen molar-refractivity contribution < 1.29 is 4.39 Å². The number of rotatable bonds is 6. The Morgan fingerprint density at radius 2 is 1.88 bits per heavy atom. The van der Waals surface area contributed by atoms with Gasteiger partial charge >= 0.3 is 0 Å². The van der Waals surface area contributed by atoms with E-state index in [1.807, 2.05) is 37.3 Å². The van der Waals surface area contributed by atoms with Crippen molar-refractivity contribution in [1.29, 1.82) is 0 Å². The molecule has 0 saturated heterocycles. The number of pyridine rings is 1. The number of imidazole rings is 1. The van der Waals surface area contributed by atoms with E-state index in [0.29, 0.717) is 40.4 Å². The minimum absolute atomic E-state index is 0.0898. The van der Waals surface area contributed by atoms with Gasteiger partial charge in [-0.2, -0.15) is 0 Å². The molecule has 160 valence electrons. The molecule has 0 spiro atoms. The van der Waals surface area contributed by atoms with Crippen LogP contribution in [0, 0.1) is 5.82 Å². The summed E-state index contributed by atoms with van der Waals surface area (Å²) in [5, 5.41) is 1.19. The fourth-order valence-corrected chi connectivity index (χ4v) is 4.76. The van der Waals surface area contributed by atoms with Crippen molar-refractivity contribution >= 4 is 33.7 Å². The van der Waals surface area contributed by atoms with E-state index in [9.17, 15) is 9.18 Å². The van der Waals surface area contributed by atoms with E-state index in [2.05, 4.69) is 14.5 Å². The number of aromatic nitrogens is 5. The highest BCUT2D eigenvalue weighted by atomic mass is 32.2. The summed E-state index contributed by atoms with van der Waals surface area (Å²) in [4.78, 5) is 26.9. The summed E-state index contributed by atoms with van der Waals surface area (Å²) in [5.41, 5.74) is 3.01. The summed E-state index contributed by atoms with van der Waals surface area (Å²) in [5.74, 6) is 1.01. The first-order valence-electron chi connectivity index (χ1n) is 10.3. The fraction of sp³-hybridized carbons (Fsp3) is 0.167. The number of hydrogen-bond donors (Lipinski definition) is 0. The molecule has 0 unspecified atom stereocenters. The molecular formula is C24H20FN5OS. The van der Waals surface area contributed by atoms with Crippen LogP contribution in [-0.4, -0.2) is 24.1 Å². The lowest BCUT2D eigenvalue weighted by Gasteiger charge is -2.13. The first-order chi connectivity index (χ1) is 15.6. The van der Waals surface area contributed by atoms with Gasteiger partial charge in [0.25, 0.3) is 5.56 Å². The second-order valence-electron chi connectivity index (χ2n) is 7.36. The summed E-state index contributed by atoms with van der Waals surface area (Å²) in [6.07, 6.45) is 3.46. The first-order valence-corrected chi connectivity index (χ1v) is 11.3. The molecule has 5 aromatic rings. The van der Waals surface area contributed by atoms with Crippen LogP contribution in [0.2, 0.25) is 0 Å². The monoisotopic (exact) mass is 445 g/mol. The minimum atomic E-state index is -0.307. The quantitative estimate of drug-likeness (QED) is 0.281. The molecule has 0 atom stereocenters. The molecular weight excluding hydrogens is 425 g/mol. The lowest BCUT2D eigenvalue weighted by molar-refractivity contribution is 0.629. The Hall–Kier alpha value is -3.52. The molecule has 0 bridgehead atoms. The van der Waals surface area contributed by atoms with Gasteiger partial charge in [0.05, 0.1) is 34.2 Å². The van der Waals surface area contributed by atoms with Crippen LogP contribution in [0.25, 0.3) is 21.9 Å². The second kappa shape index (κ2) is 8.55. The zero-order chi connectivity index (χ0) is 22.1. The predicted molar refractivity (Wildman–Crippen MR) is 124 cm³/mol. The predicted octanol–water partition coefficient (Wildman–Crippen LogP) is 4.64. The van der Waals surface area contributed by atoms with Crippen molar-refractivity contribution in [2.75, 3.05) is 0 Å². The molecule has 0 radical (unpaired) electrons. The van der Waals surface area contributed by atoms with E-state index in [1.165, 1.54) is 23.9 Å². The van der Waals surface area contributed by atoms with E-state index in [1.54, 1.807) is 29.1 Å². The van der Waals surface area contributed by atoms with Crippen LogP contribution in [0.5, 0.6) is 0 Å². The maximum Gasteiger partial charge on any atom is 0.262 e. The molecule has 0 aliphatic rings. The lowest BCUT2D eigenvalue weighted by atomic mass is 10.2. The van der Waals surface area contributed by atoms with Crippen molar-refractivity contribution in [1.82, 2.24) is 24.1 Å². The third-order valence-electron chi connectivity index (χ3n) is 5.33. The smallest absolute Gasteiger partial charge is 0.262 e. The number of fused-ring (bicyclic) bond motifs is 2. The number of hydrogen-bond acceptors (Lipinski definition) is 5. The molecule has 0 aliphatic carbocycles. The van der Waals surface area contributed by atoms with Crippen LogP contribution >= 0.6 is 11.8 Å². The number of benzene rings is 2. The van der Waals surface area contributed by atoms with Crippen LogP contribution in [0.15, 0.2) is 76.9 Å². The van der Waals surface area contributed by atoms with Gasteiger partial charge < -0.3 is 4.57 Å². The Morgan fingerprint density at radius 1 is 1.00 bits per heavy atom. The zero-order valence-corrected chi connectivity index (χ0v) is 18.2. The summed E-state index contributed by atoms with van der Waals surface area (Å²) in [7, 11) is 0. The van der Waals surface area contributed by atoms with Crippen molar-refractivity contribution in [3.8, 4) is 0 Å². The van der Waals surface area contributed by atoms with E-state index in [0.717, 1.165) is 16.9 Å². The Balaban J connectivity index is 1.56. The van der Waals surface area contributed by atoms with Crippen LogP contribution < -0.4 is 5.56 Å². The SMILES string of the molecule is CCn1c(CSc2nc3ccccc3c(=O)n2Cc2cccnc2)nc2cc(F)ccc21. The summed E-state index contributed by atoms with van der Waals surface area (Å²) >= 11 is 1.45. The van der Waals surface area contributed by atoms with Crippen molar-refractivity contribution in [3.63, 3.8) is 0 Å². The number of halogens is 1. The Bertz CT molecular complexity index is 1480. The number of nitrogens with zero attached hydrogens (tertiary/aromatic N) is 5. The van der Waals surface area contributed by atoms with Gasteiger partial charge in [-0.25, -0.2) is 14.4 Å². The first kappa shape index (κ1) is 20.4. The maximum absolute atomic E-state index is 13.7. The zero-order valence-electron chi connectivity index (χ0n) is 17.4. The highest BCUT2D eigenvalue weighted by Gasteiger charge is 2.15. The Kier molecular flexibility index (Phi) is 5.45. The molecule has 0 amide bonds. The molecule has 6 nitrogen and oxygen atoms in total. The van der Waals surface area contributed by atoms with Crippen LogP contribution in [-0.2, 0) is 18.8 Å². The molecule has 32 heavy (non-hydrogen) atoms. The van der Waals surface area contributed by atoms with Gasteiger partial charge in [0.2, 0.25) is 0 Å². The van der Waals surface area contributed by atoms with Gasteiger partial charge in [-0.05, 0) is 42.8 Å². The molecule has 5 rings (SSSR count). The standard InChI is InChI=1S/C24H20FN5OS/c1-2-29-21-10-9-17(25)12-20(21)27-22(29)15-32-24-28-19-8-4-3-7-18(19)23(31)30(24)14-16-6-5-11-26-13-16/h3-13H,2,14-15H2,1H3. The average molecular weight is 446 g/mol. The van der Waals surface area contributed by atoms with Gasteiger partial charge in [-0.1, -0.05) is 30.0 Å². The van der Waals surface area contributed by atoms with E-state index in [4.69, 9.17) is 4.98 Å². The molecule has 2 aromatic carbocycles. The molecule has 0 fully saturated rings. The summed E-state index contributed by atoms with van der Waals surface area (Å²) in [6.45, 7) is 3.12. The maximum atomic E-state index is 13.7. The number of aryl methyl sites for hydroxylation is 1. The third-order valence-corrected chi connectivity index (χ3v) is 6.30. The van der Waals surface area contributed by atoms with E-state index >= 15 is 0 Å². The molecule has 3 aromatic heterocycles. The molecule has 0 N–H and O–H groups in total. The Morgan fingerprint density at radius 3 is 2.69 bits per heavy atom. The number of thioether (sulfide) groups is 1. The van der Waals surface area contributed by atoms with Crippen molar-refractivity contribution in [3.05, 3.63) is 94.5 Å². The Labute approximate surface area is 187 Å². The highest BCUT2D eigenvalue weighted by molar-refractivity contribution is 7.98. The van der Waals surface area contributed by atoms with Gasteiger partial charge in [0, 0.05) is 25.0 Å². The topological polar surface area (TPSA) is 65.6 Å². The highest BCUT2D eigenvalue weighted by Crippen LogP contribution is 2.25. The number of para-hydroxylation sites is 1. The van der Waals surface area contributed by atoms with Crippen molar-refractivity contribution in [2.24, 2.45) is 0 Å². The van der Waals surface area contributed by atoms with Gasteiger partial charge in [-0.3, -0.25) is 14.3 Å². The van der Waals surface area contributed by atoms with Crippen molar-refractivity contribution in [2.45, 2.75) is 30.9 Å². The van der Waals surface area contributed by atoms with Crippen LogP contribution in [0.4, 0.5) is 4.39 Å². The third kappa shape index (κ3) is 3.78. The van der Waals surface area contributed by atoms with Crippen LogP contribution in [0.1, 0.15) is 18.3 Å². The lowest BCUT2D eigenvalue weighted by Crippen LogP contribution is -2.24. The molecule has 0 saturated carbocycles. The van der Waals surface area contributed by atoms with E-state index < -0.39 is 0 Å². The molecule has 0 aliphatic heterocycles. The molecule has 8 heteroatoms.